The van der Waals surface area contributed by atoms with Crippen LogP contribution in [0.5, 0.6) is 0 Å². The van der Waals surface area contributed by atoms with Crippen molar-refractivity contribution in [2.24, 2.45) is 5.73 Å². The predicted octanol–water partition coefficient (Wildman–Crippen LogP) is 2.29. The van der Waals surface area contributed by atoms with Gasteiger partial charge in [0.2, 0.25) is 0 Å². The van der Waals surface area contributed by atoms with Crippen molar-refractivity contribution in [2.45, 2.75) is 51.8 Å². The summed E-state index contributed by atoms with van der Waals surface area (Å²) in [5.74, 6) is -1.03. The van der Waals surface area contributed by atoms with Gasteiger partial charge in [0.25, 0.3) is 5.91 Å². The minimum atomic E-state index is -0.953. The third kappa shape index (κ3) is 7.89. The van der Waals surface area contributed by atoms with Crippen molar-refractivity contribution in [1.29, 1.82) is 0 Å². The second-order valence-electron chi connectivity index (χ2n) is 6.69. The number of benzene rings is 1. The van der Waals surface area contributed by atoms with E-state index < -0.39 is 35.6 Å². The standard InChI is InChI=1S/C17H24ClN3O4/c1-10(15(23)21-17(2,3)4)25-14(22)9-13(20-16(19)24)11-5-7-12(18)8-6-11/h5-8,10,13H,9H2,1-4H3,(H,21,23)(H3,19,20,24)/t10-,13-/m0/s1. The molecule has 0 saturated carbocycles. The second-order valence-corrected chi connectivity index (χ2v) is 7.12. The van der Waals surface area contributed by atoms with Gasteiger partial charge >= 0.3 is 12.0 Å². The summed E-state index contributed by atoms with van der Waals surface area (Å²) >= 11 is 5.84. The zero-order valence-corrected chi connectivity index (χ0v) is 15.5. The number of carbonyl (C=O) groups excluding carboxylic acids is 3. The van der Waals surface area contributed by atoms with Gasteiger partial charge in [-0.05, 0) is 45.4 Å². The maximum Gasteiger partial charge on any atom is 0.312 e. The van der Waals surface area contributed by atoms with E-state index >= 15 is 0 Å². The number of halogens is 1. The van der Waals surface area contributed by atoms with E-state index in [9.17, 15) is 14.4 Å². The number of ether oxygens (including phenoxy) is 1. The number of hydrogen-bond acceptors (Lipinski definition) is 4. The van der Waals surface area contributed by atoms with E-state index in [1.165, 1.54) is 6.92 Å². The molecule has 1 rings (SSSR count). The fraction of sp³-hybridized carbons (Fsp3) is 0.471. The van der Waals surface area contributed by atoms with Crippen LogP contribution in [0, 0.1) is 0 Å². The first kappa shape index (κ1) is 20.8. The largest absolute Gasteiger partial charge is 0.452 e. The van der Waals surface area contributed by atoms with Gasteiger partial charge in [0, 0.05) is 10.6 Å². The fourth-order valence-corrected chi connectivity index (χ4v) is 2.18. The van der Waals surface area contributed by atoms with Crippen LogP contribution >= 0.6 is 11.6 Å². The first-order chi connectivity index (χ1) is 11.5. The van der Waals surface area contributed by atoms with Gasteiger partial charge in [0.1, 0.15) is 0 Å². The molecule has 3 amide bonds. The highest BCUT2D eigenvalue weighted by molar-refractivity contribution is 6.30. The van der Waals surface area contributed by atoms with Crippen molar-refractivity contribution in [2.75, 3.05) is 0 Å². The molecule has 0 unspecified atom stereocenters. The van der Waals surface area contributed by atoms with E-state index in [2.05, 4.69) is 10.6 Å². The first-order valence-electron chi connectivity index (χ1n) is 7.81. The summed E-state index contributed by atoms with van der Waals surface area (Å²) in [5, 5.41) is 5.73. The molecule has 0 heterocycles. The molecule has 1 aromatic carbocycles. The number of nitrogens with one attached hydrogen (secondary N) is 2. The van der Waals surface area contributed by atoms with Crippen LogP contribution in [0.25, 0.3) is 0 Å². The quantitative estimate of drug-likeness (QED) is 0.668. The van der Waals surface area contributed by atoms with Gasteiger partial charge in [-0.25, -0.2) is 4.79 Å². The fourth-order valence-electron chi connectivity index (χ4n) is 2.06. The number of esters is 1. The summed E-state index contributed by atoms with van der Waals surface area (Å²) < 4.78 is 5.15. The van der Waals surface area contributed by atoms with Crippen molar-refractivity contribution in [3.63, 3.8) is 0 Å². The highest BCUT2D eigenvalue weighted by Gasteiger charge is 2.24. The van der Waals surface area contributed by atoms with Crippen LogP contribution in [0.4, 0.5) is 4.79 Å². The molecule has 0 aromatic heterocycles. The van der Waals surface area contributed by atoms with Crippen molar-refractivity contribution in [3.8, 4) is 0 Å². The van der Waals surface area contributed by atoms with E-state index in [1.807, 2.05) is 20.8 Å². The van der Waals surface area contributed by atoms with Gasteiger partial charge in [-0.1, -0.05) is 23.7 Å². The molecule has 8 heteroatoms. The maximum absolute atomic E-state index is 12.1. The molecule has 0 radical (unpaired) electrons. The first-order valence-corrected chi connectivity index (χ1v) is 8.18. The molecule has 2 atom stereocenters. The number of amides is 3. The second kappa shape index (κ2) is 8.71. The van der Waals surface area contributed by atoms with Crippen LogP contribution < -0.4 is 16.4 Å². The third-order valence-electron chi connectivity index (χ3n) is 3.14. The Morgan fingerprint density at radius 2 is 1.76 bits per heavy atom. The highest BCUT2D eigenvalue weighted by atomic mass is 35.5. The third-order valence-corrected chi connectivity index (χ3v) is 3.39. The van der Waals surface area contributed by atoms with E-state index in [0.29, 0.717) is 10.6 Å². The Labute approximate surface area is 152 Å². The van der Waals surface area contributed by atoms with Crippen LogP contribution in [0.15, 0.2) is 24.3 Å². The maximum atomic E-state index is 12.1. The number of primary amides is 1. The molecular formula is C17H24ClN3O4. The summed E-state index contributed by atoms with van der Waals surface area (Å²) in [5.41, 5.74) is 5.37. The molecule has 0 spiro atoms. The molecule has 1 aromatic rings. The van der Waals surface area contributed by atoms with E-state index in [1.54, 1.807) is 24.3 Å². The van der Waals surface area contributed by atoms with Crippen molar-refractivity contribution in [1.82, 2.24) is 10.6 Å². The SMILES string of the molecule is C[C@H](OC(=O)C[C@H](NC(N)=O)c1ccc(Cl)cc1)C(=O)NC(C)(C)C. The van der Waals surface area contributed by atoms with Crippen LogP contribution in [0.1, 0.15) is 45.7 Å². The molecule has 7 nitrogen and oxygen atoms in total. The summed E-state index contributed by atoms with van der Waals surface area (Å²) in [6, 6.07) is 5.17. The highest BCUT2D eigenvalue weighted by Crippen LogP contribution is 2.20. The minimum Gasteiger partial charge on any atom is -0.452 e. The molecule has 0 saturated heterocycles. The molecular weight excluding hydrogens is 346 g/mol. The lowest BCUT2D eigenvalue weighted by molar-refractivity contribution is -0.155. The summed E-state index contributed by atoms with van der Waals surface area (Å²) in [7, 11) is 0. The predicted molar refractivity (Wildman–Crippen MR) is 95.0 cm³/mol. The van der Waals surface area contributed by atoms with Crippen LogP contribution in [-0.4, -0.2) is 29.6 Å². The summed E-state index contributed by atoms with van der Waals surface area (Å²) in [6.45, 7) is 6.96. The van der Waals surface area contributed by atoms with Gasteiger partial charge < -0.3 is 21.1 Å². The topological polar surface area (TPSA) is 111 Å². The Kier molecular flexibility index (Phi) is 7.23. The normalized spacial score (nSPS) is 13.5. The number of carbonyl (C=O) groups is 3. The van der Waals surface area contributed by atoms with Crippen molar-refractivity contribution in [3.05, 3.63) is 34.9 Å². The van der Waals surface area contributed by atoms with Gasteiger partial charge in [-0.2, -0.15) is 0 Å². The zero-order valence-electron chi connectivity index (χ0n) is 14.8. The lowest BCUT2D eigenvalue weighted by atomic mass is 10.0. The molecule has 25 heavy (non-hydrogen) atoms. The van der Waals surface area contributed by atoms with Crippen molar-refractivity contribution >= 4 is 29.5 Å². The van der Waals surface area contributed by atoms with Crippen LogP contribution in [0.2, 0.25) is 5.02 Å². The number of urea groups is 1. The van der Waals surface area contributed by atoms with E-state index in [-0.39, 0.29) is 6.42 Å². The lowest BCUT2D eigenvalue weighted by Gasteiger charge is -2.24. The van der Waals surface area contributed by atoms with Gasteiger partial charge in [0.05, 0.1) is 12.5 Å². The summed E-state index contributed by atoms with van der Waals surface area (Å²) in [4.78, 5) is 35.3. The van der Waals surface area contributed by atoms with Gasteiger partial charge in [0.15, 0.2) is 6.10 Å². The summed E-state index contributed by atoms with van der Waals surface area (Å²) in [6.07, 6.45) is -1.12. The van der Waals surface area contributed by atoms with Gasteiger partial charge in [-0.15, -0.1) is 0 Å². The average molecular weight is 370 g/mol. The Bertz CT molecular complexity index is 626. The number of rotatable bonds is 6. The molecule has 4 N–H and O–H groups in total. The van der Waals surface area contributed by atoms with Crippen LogP contribution in [-0.2, 0) is 14.3 Å². The molecule has 0 bridgehead atoms. The molecule has 0 aliphatic heterocycles. The Morgan fingerprint density at radius 3 is 2.24 bits per heavy atom. The molecule has 0 aliphatic rings. The Balaban J connectivity index is 2.73. The number of nitrogens with two attached hydrogens (primary N) is 1. The molecule has 0 aliphatic carbocycles. The van der Waals surface area contributed by atoms with E-state index in [0.717, 1.165) is 0 Å². The minimum absolute atomic E-state index is 0.169. The van der Waals surface area contributed by atoms with Gasteiger partial charge in [-0.3, -0.25) is 9.59 Å². The average Bonchev–Trinajstić information content (AvgIpc) is 2.44. The zero-order chi connectivity index (χ0) is 19.2. The molecule has 138 valence electrons. The lowest BCUT2D eigenvalue weighted by Crippen LogP contribution is -2.46. The van der Waals surface area contributed by atoms with Crippen LogP contribution in [0.3, 0.4) is 0 Å². The van der Waals surface area contributed by atoms with Crippen molar-refractivity contribution < 1.29 is 19.1 Å². The smallest absolute Gasteiger partial charge is 0.312 e. The molecule has 0 fully saturated rings. The Morgan fingerprint density at radius 1 is 1.20 bits per heavy atom. The monoisotopic (exact) mass is 369 g/mol. The Hall–Kier alpha value is -2.28. The number of hydrogen-bond donors (Lipinski definition) is 3. The van der Waals surface area contributed by atoms with E-state index in [4.69, 9.17) is 22.1 Å².